The van der Waals surface area contributed by atoms with Crippen molar-refractivity contribution < 1.29 is 13.9 Å². The molecule has 0 bridgehead atoms. The number of halogens is 3. The fourth-order valence-electron chi connectivity index (χ4n) is 2.55. The normalized spacial score (nSPS) is 10.5. The minimum Gasteiger partial charge on any atom is -0.493 e. The van der Waals surface area contributed by atoms with Gasteiger partial charge in [-0.2, -0.15) is 0 Å². The van der Waals surface area contributed by atoms with Crippen molar-refractivity contribution in [1.29, 1.82) is 0 Å². The minimum atomic E-state index is -0.276. The molecule has 0 aromatic heterocycles. The summed E-state index contributed by atoms with van der Waals surface area (Å²) in [4.78, 5) is 0. The summed E-state index contributed by atoms with van der Waals surface area (Å²) in [6.45, 7) is 0.803. The molecule has 6 heteroatoms. The molecule has 0 amide bonds. The van der Waals surface area contributed by atoms with Crippen molar-refractivity contribution in [3.8, 4) is 11.5 Å². The smallest absolute Gasteiger partial charge is 0.174 e. The Morgan fingerprint density at radius 2 is 1.81 bits per heavy atom. The standard InChI is InChI=1S/C21H18BrFINO2/c1-26-20-11-14(12-25-17-8-6-16(22)7-9-17)10-19(24)21(20)27-13-15-4-2-3-5-18(15)23/h2-11,25H,12-13H2,1H3. The molecular weight excluding hydrogens is 524 g/mol. The zero-order valence-electron chi connectivity index (χ0n) is 14.6. The first-order chi connectivity index (χ1) is 13.1. The number of hydrogen-bond donors (Lipinski definition) is 1. The summed E-state index contributed by atoms with van der Waals surface area (Å²) in [6.07, 6.45) is 0. The fraction of sp³-hybridized carbons (Fsp3) is 0.143. The van der Waals surface area contributed by atoms with Crippen LogP contribution in [0.4, 0.5) is 10.1 Å². The van der Waals surface area contributed by atoms with Crippen LogP contribution in [0, 0.1) is 9.39 Å². The number of nitrogens with one attached hydrogen (secondary N) is 1. The van der Waals surface area contributed by atoms with Gasteiger partial charge in [-0.25, -0.2) is 4.39 Å². The van der Waals surface area contributed by atoms with E-state index in [0.29, 0.717) is 23.6 Å². The van der Waals surface area contributed by atoms with Crippen molar-refractivity contribution in [2.24, 2.45) is 0 Å². The van der Waals surface area contributed by atoms with Crippen LogP contribution < -0.4 is 14.8 Å². The molecule has 140 valence electrons. The van der Waals surface area contributed by atoms with Gasteiger partial charge in [-0.3, -0.25) is 0 Å². The van der Waals surface area contributed by atoms with Gasteiger partial charge in [0.2, 0.25) is 0 Å². The highest BCUT2D eigenvalue weighted by molar-refractivity contribution is 14.1. The average Bonchev–Trinajstić information content (AvgIpc) is 2.67. The second-order valence-corrected chi connectivity index (χ2v) is 7.93. The molecule has 3 aromatic rings. The molecule has 1 N–H and O–H groups in total. The molecule has 0 fully saturated rings. The maximum absolute atomic E-state index is 13.8. The summed E-state index contributed by atoms with van der Waals surface area (Å²) >= 11 is 5.64. The monoisotopic (exact) mass is 541 g/mol. The van der Waals surface area contributed by atoms with Gasteiger partial charge >= 0.3 is 0 Å². The Morgan fingerprint density at radius 1 is 1.07 bits per heavy atom. The van der Waals surface area contributed by atoms with E-state index in [-0.39, 0.29) is 12.4 Å². The first-order valence-electron chi connectivity index (χ1n) is 8.29. The Balaban J connectivity index is 1.72. The van der Waals surface area contributed by atoms with Crippen molar-refractivity contribution in [1.82, 2.24) is 0 Å². The molecule has 0 aliphatic carbocycles. The van der Waals surface area contributed by atoms with E-state index < -0.39 is 0 Å². The summed E-state index contributed by atoms with van der Waals surface area (Å²) in [5.74, 6) is 0.974. The minimum absolute atomic E-state index is 0.148. The number of anilines is 1. The van der Waals surface area contributed by atoms with E-state index in [1.807, 2.05) is 36.4 Å². The molecule has 3 rings (SSSR count). The van der Waals surface area contributed by atoms with Gasteiger partial charge in [0.05, 0.1) is 10.7 Å². The third-order valence-corrected chi connectivity index (χ3v) is 5.29. The van der Waals surface area contributed by atoms with E-state index >= 15 is 0 Å². The SMILES string of the molecule is COc1cc(CNc2ccc(Br)cc2)cc(I)c1OCc1ccccc1F. The summed E-state index contributed by atoms with van der Waals surface area (Å²) in [7, 11) is 1.60. The average molecular weight is 542 g/mol. The third kappa shape index (κ3) is 5.35. The lowest BCUT2D eigenvalue weighted by Crippen LogP contribution is -2.04. The highest BCUT2D eigenvalue weighted by Crippen LogP contribution is 2.35. The number of rotatable bonds is 7. The van der Waals surface area contributed by atoms with Crippen LogP contribution in [-0.2, 0) is 13.2 Å². The summed E-state index contributed by atoms with van der Waals surface area (Å²) in [5, 5.41) is 3.38. The van der Waals surface area contributed by atoms with Gasteiger partial charge in [0.25, 0.3) is 0 Å². The van der Waals surface area contributed by atoms with Crippen molar-refractivity contribution in [2.75, 3.05) is 12.4 Å². The second-order valence-electron chi connectivity index (χ2n) is 5.85. The van der Waals surface area contributed by atoms with Gasteiger partial charge in [0.15, 0.2) is 11.5 Å². The van der Waals surface area contributed by atoms with Crippen LogP contribution in [0.25, 0.3) is 0 Å². The lowest BCUT2D eigenvalue weighted by atomic mass is 10.2. The van der Waals surface area contributed by atoms with E-state index in [4.69, 9.17) is 9.47 Å². The predicted molar refractivity (Wildman–Crippen MR) is 118 cm³/mol. The Kier molecular flexibility index (Phi) is 6.95. The maximum Gasteiger partial charge on any atom is 0.174 e. The molecule has 3 nitrogen and oxygen atoms in total. The number of methoxy groups -OCH3 is 1. The maximum atomic E-state index is 13.8. The molecule has 0 aliphatic heterocycles. The Morgan fingerprint density at radius 3 is 2.52 bits per heavy atom. The van der Waals surface area contributed by atoms with Gasteiger partial charge < -0.3 is 14.8 Å². The molecule has 0 aliphatic rings. The van der Waals surface area contributed by atoms with Gasteiger partial charge in [0.1, 0.15) is 12.4 Å². The predicted octanol–water partition coefficient (Wildman–Crippen LogP) is 6.39. The fourth-order valence-corrected chi connectivity index (χ4v) is 3.64. The van der Waals surface area contributed by atoms with Crippen LogP contribution in [0.2, 0.25) is 0 Å². The molecule has 0 unspecified atom stereocenters. The molecule has 0 atom stereocenters. The van der Waals surface area contributed by atoms with Gasteiger partial charge in [0, 0.05) is 22.3 Å². The third-order valence-electron chi connectivity index (χ3n) is 3.96. The molecular formula is C21H18BrFINO2. The highest BCUT2D eigenvalue weighted by atomic mass is 127. The number of ether oxygens (including phenoxy) is 2. The molecule has 27 heavy (non-hydrogen) atoms. The molecule has 0 saturated heterocycles. The topological polar surface area (TPSA) is 30.5 Å². The zero-order valence-corrected chi connectivity index (χ0v) is 18.4. The van der Waals surface area contributed by atoms with Crippen LogP contribution >= 0.6 is 38.5 Å². The Hall–Kier alpha value is -1.80. The molecule has 0 saturated carbocycles. The number of hydrogen-bond acceptors (Lipinski definition) is 3. The summed E-state index contributed by atoms with van der Waals surface area (Å²) < 4.78 is 27.1. The summed E-state index contributed by atoms with van der Waals surface area (Å²) in [5.41, 5.74) is 2.61. The van der Waals surface area contributed by atoms with E-state index in [9.17, 15) is 4.39 Å². The first-order valence-corrected chi connectivity index (χ1v) is 10.2. The summed E-state index contributed by atoms with van der Waals surface area (Å²) in [6, 6.07) is 18.6. The van der Waals surface area contributed by atoms with Gasteiger partial charge in [-0.15, -0.1) is 0 Å². The molecule has 0 heterocycles. The first kappa shape index (κ1) is 19.9. The largest absolute Gasteiger partial charge is 0.493 e. The lowest BCUT2D eigenvalue weighted by molar-refractivity contribution is 0.277. The van der Waals surface area contributed by atoms with E-state index in [0.717, 1.165) is 19.3 Å². The van der Waals surface area contributed by atoms with Gasteiger partial charge in [-0.05, 0) is 70.6 Å². The van der Waals surface area contributed by atoms with Crippen LogP contribution in [0.1, 0.15) is 11.1 Å². The van der Waals surface area contributed by atoms with Crippen LogP contribution in [0.15, 0.2) is 65.1 Å². The molecule has 0 radical (unpaired) electrons. The Labute approximate surface area is 180 Å². The Bertz CT molecular complexity index is 919. The van der Waals surface area contributed by atoms with Crippen molar-refractivity contribution in [2.45, 2.75) is 13.2 Å². The van der Waals surface area contributed by atoms with Crippen molar-refractivity contribution in [3.05, 3.63) is 85.7 Å². The van der Waals surface area contributed by atoms with Gasteiger partial charge in [-0.1, -0.05) is 34.1 Å². The lowest BCUT2D eigenvalue weighted by Gasteiger charge is -2.15. The van der Waals surface area contributed by atoms with E-state index in [1.54, 1.807) is 25.3 Å². The second kappa shape index (κ2) is 9.41. The van der Waals surface area contributed by atoms with E-state index in [1.165, 1.54) is 6.07 Å². The highest BCUT2D eigenvalue weighted by Gasteiger charge is 2.13. The van der Waals surface area contributed by atoms with Crippen molar-refractivity contribution in [3.63, 3.8) is 0 Å². The quantitative estimate of drug-likeness (QED) is 0.351. The zero-order chi connectivity index (χ0) is 19.2. The van der Waals surface area contributed by atoms with Crippen LogP contribution in [0.5, 0.6) is 11.5 Å². The van der Waals surface area contributed by atoms with Crippen LogP contribution in [-0.4, -0.2) is 7.11 Å². The molecule has 3 aromatic carbocycles. The van der Waals surface area contributed by atoms with Crippen LogP contribution in [0.3, 0.4) is 0 Å². The van der Waals surface area contributed by atoms with E-state index in [2.05, 4.69) is 43.8 Å². The number of benzene rings is 3. The molecule has 0 spiro atoms. The van der Waals surface area contributed by atoms with Crippen molar-refractivity contribution >= 4 is 44.2 Å².